The Hall–Kier alpha value is -3.16. The minimum Gasteiger partial charge on any atom is -0.460 e. The van der Waals surface area contributed by atoms with Crippen LogP contribution >= 0.6 is 24.4 Å². The van der Waals surface area contributed by atoms with E-state index in [4.69, 9.17) is 9.47 Å². The van der Waals surface area contributed by atoms with Crippen LogP contribution in [-0.4, -0.2) is 58.5 Å². The standard InChI is InChI=1S/C18H14N4O4S2/c23-17(25-7-5-19-11-27)13-1-3-21-15(9-13)16-10-14(2-4-22-16)18(24)26-8-6-20-12-28/h1-4,9-10H,5-8H2. The zero-order chi connectivity index (χ0) is 20.2. The number of carbonyl (C=O) groups is 2. The highest BCUT2D eigenvalue weighted by Crippen LogP contribution is 2.17. The molecule has 0 amide bonds. The smallest absolute Gasteiger partial charge is 0.338 e. The second-order valence-electron chi connectivity index (χ2n) is 5.08. The summed E-state index contributed by atoms with van der Waals surface area (Å²) < 4.78 is 10.2. The van der Waals surface area contributed by atoms with Crippen LogP contribution in [-0.2, 0) is 9.47 Å². The van der Waals surface area contributed by atoms with Gasteiger partial charge in [0.2, 0.25) is 0 Å². The molecule has 8 nitrogen and oxygen atoms in total. The zero-order valence-electron chi connectivity index (χ0n) is 14.5. The summed E-state index contributed by atoms with van der Waals surface area (Å²) in [6.45, 7) is 0.670. The predicted octanol–water partition coefficient (Wildman–Crippen LogP) is 2.66. The fraction of sp³-hybridized carbons (Fsp3) is 0.222. The number of pyridine rings is 2. The monoisotopic (exact) mass is 414 g/mol. The molecule has 0 atom stereocenters. The van der Waals surface area contributed by atoms with Gasteiger partial charge in [-0.15, -0.1) is 0 Å². The van der Waals surface area contributed by atoms with Gasteiger partial charge in [-0.1, -0.05) is 0 Å². The lowest BCUT2D eigenvalue weighted by atomic mass is 10.1. The van der Waals surface area contributed by atoms with Gasteiger partial charge >= 0.3 is 11.9 Å². The molecular formula is C18H14N4O4S2. The SMILES string of the molecule is O=C(OCCN=C=S)c1ccnc(-c2cc(C(=O)OCCN=C=S)ccn2)c1. The number of aliphatic imine (C=N–C) groups is 2. The topological polar surface area (TPSA) is 103 Å². The lowest BCUT2D eigenvalue weighted by Crippen LogP contribution is -2.09. The number of rotatable bonds is 9. The highest BCUT2D eigenvalue weighted by Gasteiger charge is 2.13. The van der Waals surface area contributed by atoms with Crippen LogP contribution < -0.4 is 0 Å². The van der Waals surface area contributed by atoms with E-state index in [1.54, 1.807) is 0 Å². The number of nitrogens with zero attached hydrogens (tertiary/aromatic N) is 4. The molecule has 2 heterocycles. The maximum Gasteiger partial charge on any atom is 0.338 e. The van der Waals surface area contributed by atoms with Crippen LogP contribution in [0.15, 0.2) is 46.6 Å². The van der Waals surface area contributed by atoms with Crippen LogP contribution in [0.2, 0.25) is 0 Å². The summed E-state index contributed by atoms with van der Waals surface area (Å²) in [7, 11) is 0. The van der Waals surface area contributed by atoms with E-state index in [2.05, 4.69) is 54.7 Å². The van der Waals surface area contributed by atoms with Gasteiger partial charge in [-0.25, -0.2) is 19.6 Å². The lowest BCUT2D eigenvalue weighted by molar-refractivity contribution is 0.0508. The van der Waals surface area contributed by atoms with Gasteiger partial charge in [-0.05, 0) is 48.7 Å². The van der Waals surface area contributed by atoms with Crippen molar-refractivity contribution >= 4 is 46.7 Å². The van der Waals surface area contributed by atoms with Gasteiger partial charge in [-0.3, -0.25) is 9.97 Å². The van der Waals surface area contributed by atoms with Gasteiger partial charge in [0.25, 0.3) is 0 Å². The van der Waals surface area contributed by atoms with Crippen molar-refractivity contribution < 1.29 is 19.1 Å². The largest absolute Gasteiger partial charge is 0.460 e. The minimum atomic E-state index is -0.530. The molecule has 0 unspecified atom stereocenters. The first-order chi connectivity index (χ1) is 13.7. The van der Waals surface area contributed by atoms with E-state index in [1.165, 1.54) is 36.7 Å². The molecule has 0 aliphatic rings. The summed E-state index contributed by atoms with van der Waals surface area (Å²) in [6.07, 6.45) is 2.91. The summed E-state index contributed by atoms with van der Waals surface area (Å²) in [5.74, 6) is -1.06. The summed E-state index contributed by atoms with van der Waals surface area (Å²) in [5, 5.41) is 4.39. The van der Waals surface area contributed by atoms with Gasteiger partial charge < -0.3 is 9.47 Å². The van der Waals surface area contributed by atoms with Crippen LogP contribution in [0.3, 0.4) is 0 Å². The fourth-order valence-electron chi connectivity index (χ4n) is 2.02. The summed E-state index contributed by atoms with van der Waals surface area (Å²) in [6, 6.07) is 6.08. The predicted molar refractivity (Wildman–Crippen MR) is 108 cm³/mol. The maximum absolute atomic E-state index is 12.1. The third-order valence-corrected chi connectivity index (χ3v) is 3.51. The molecule has 28 heavy (non-hydrogen) atoms. The van der Waals surface area contributed by atoms with Crippen LogP contribution in [0.4, 0.5) is 0 Å². The molecule has 0 spiro atoms. The molecule has 2 aromatic rings. The van der Waals surface area contributed by atoms with Gasteiger partial charge in [0.1, 0.15) is 13.2 Å². The van der Waals surface area contributed by atoms with Crippen LogP contribution in [0.5, 0.6) is 0 Å². The molecule has 10 heteroatoms. The molecular weight excluding hydrogens is 400 g/mol. The van der Waals surface area contributed by atoms with Gasteiger partial charge in [0, 0.05) is 12.4 Å². The van der Waals surface area contributed by atoms with Crippen molar-refractivity contribution in [1.29, 1.82) is 0 Å². The molecule has 0 aliphatic carbocycles. The Morgan fingerprint density at radius 3 is 1.68 bits per heavy atom. The maximum atomic E-state index is 12.1. The number of hydrogen-bond acceptors (Lipinski definition) is 10. The van der Waals surface area contributed by atoms with E-state index in [-0.39, 0.29) is 26.3 Å². The Balaban J connectivity index is 2.10. The van der Waals surface area contributed by atoms with Crippen molar-refractivity contribution in [3.63, 3.8) is 0 Å². The molecule has 0 bridgehead atoms. The molecule has 0 aliphatic heterocycles. The first kappa shape index (κ1) is 21.1. The Morgan fingerprint density at radius 1 is 0.857 bits per heavy atom. The van der Waals surface area contributed by atoms with Crippen molar-refractivity contribution in [2.75, 3.05) is 26.3 Å². The molecule has 0 radical (unpaired) electrons. The molecule has 142 valence electrons. The molecule has 0 N–H and O–H groups in total. The minimum absolute atomic E-state index is 0.0903. The van der Waals surface area contributed by atoms with Crippen LogP contribution in [0.25, 0.3) is 11.4 Å². The lowest BCUT2D eigenvalue weighted by Gasteiger charge is -2.06. The number of ether oxygens (including phenoxy) is 2. The first-order valence-corrected chi connectivity index (χ1v) is 8.81. The fourth-order valence-corrected chi connectivity index (χ4v) is 2.20. The van der Waals surface area contributed by atoms with Gasteiger partial charge in [0.15, 0.2) is 0 Å². The first-order valence-electron chi connectivity index (χ1n) is 7.99. The Labute approximate surface area is 171 Å². The average molecular weight is 414 g/mol. The second kappa shape index (κ2) is 11.5. The Kier molecular flexibility index (Phi) is 8.71. The quantitative estimate of drug-likeness (QED) is 0.267. The number of hydrogen-bond donors (Lipinski definition) is 0. The number of carbonyl (C=O) groups excluding carboxylic acids is 2. The average Bonchev–Trinajstić information content (AvgIpc) is 2.74. The van der Waals surface area contributed by atoms with Crippen LogP contribution in [0.1, 0.15) is 20.7 Å². The van der Waals surface area contributed by atoms with E-state index in [0.717, 1.165) is 0 Å². The number of esters is 2. The van der Waals surface area contributed by atoms with Crippen LogP contribution in [0, 0.1) is 0 Å². The second-order valence-corrected chi connectivity index (χ2v) is 5.44. The third kappa shape index (κ3) is 6.53. The zero-order valence-corrected chi connectivity index (χ0v) is 16.2. The number of aromatic nitrogens is 2. The van der Waals surface area contributed by atoms with E-state index in [9.17, 15) is 9.59 Å². The molecule has 0 saturated heterocycles. The van der Waals surface area contributed by atoms with Crippen molar-refractivity contribution in [3.8, 4) is 11.4 Å². The highest BCUT2D eigenvalue weighted by atomic mass is 32.1. The van der Waals surface area contributed by atoms with Crippen molar-refractivity contribution in [2.24, 2.45) is 9.98 Å². The van der Waals surface area contributed by atoms with Crippen molar-refractivity contribution in [3.05, 3.63) is 47.8 Å². The summed E-state index contributed by atoms with van der Waals surface area (Å²) >= 11 is 8.89. The van der Waals surface area contributed by atoms with E-state index in [1.807, 2.05) is 0 Å². The van der Waals surface area contributed by atoms with E-state index in [0.29, 0.717) is 22.5 Å². The highest BCUT2D eigenvalue weighted by molar-refractivity contribution is 7.78. The van der Waals surface area contributed by atoms with Crippen molar-refractivity contribution in [1.82, 2.24) is 9.97 Å². The Morgan fingerprint density at radius 2 is 1.29 bits per heavy atom. The Bertz CT molecular complexity index is 877. The molecule has 0 aromatic carbocycles. The van der Waals surface area contributed by atoms with Crippen molar-refractivity contribution in [2.45, 2.75) is 0 Å². The van der Waals surface area contributed by atoms with Gasteiger partial charge in [0.05, 0.1) is 45.9 Å². The van der Waals surface area contributed by atoms with Gasteiger partial charge in [-0.2, -0.15) is 0 Å². The van der Waals surface area contributed by atoms with E-state index >= 15 is 0 Å². The molecule has 2 aromatic heterocycles. The molecule has 0 saturated carbocycles. The summed E-state index contributed by atoms with van der Waals surface area (Å²) in [5.41, 5.74) is 1.41. The molecule has 2 rings (SSSR count). The summed E-state index contributed by atoms with van der Waals surface area (Å²) in [4.78, 5) is 39.9. The number of thiocarbonyl (C=S) groups is 2. The van der Waals surface area contributed by atoms with E-state index < -0.39 is 11.9 Å². The molecule has 0 fully saturated rings. The normalized spacial score (nSPS) is 9.57. The number of isothiocyanates is 2. The third-order valence-electron chi connectivity index (χ3n) is 3.26.